The molecule has 2 aromatic carbocycles. The summed E-state index contributed by atoms with van der Waals surface area (Å²) in [4.78, 5) is 2.12. The maximum Gasteiger partial charge on any atom is 0.387 e. The molecule has 2 heterocycles. The first kappa shape index (κ1) is 20.7. The fourth-order valence-corrected chi connectivity index (χ4v) is 3.48. The average molecular weight is 423 g/mol. The maximum atomic E-state index is 12.7. The molecule has 31 heavy (non-hydrogen) atoms. The Hall–Kier alpha value is -3.52. The highest BCUT2D eigenvalue weighted by atomic mass is 19.3. The number of halogens is 2. The van der Waals surface area contributed by atoms with Crippen LogP contribution in [0.4, 0.5) is 14.6 Å². The lowest BCUT2D eigenvalue weighted by molar-refractivity contribution is -0.0504. The fourth-order valence-electron chi connectivity index (χ4n) is 3.48. The Morgan fingerprint density at radius 1 is 1.03 bits per heavy atom. The van der Waals surface area contributed by atoms with Crippen LogP contribution in [0.1, 0.15) is 11.1 Å². The first-order valence-corrected chi connectivity index (χ1v) is 9.84. The van der Waals surface area contributed by atoms with Gasteiger partial charge in [-0.25, -0.2) is 0 Å². The number of aromatic nitrogens is 3. The van der Waals surface area contributed by atoms with Crippen molar-refractivity contribution in [2.24, 2.45) is 0 Å². The summed E-state index contributed by atoms with van der Waals surface area (Å²) in [5, 5.41) is 11.6. The Kier molecular flexibility index (Phi) is 6.08. The molecule has 0 aliphatic carbocycles. The third-order valence-corrected chi connectivity index (χ3v) is 4.87. The highest BCUT2D eigenvalue weighted by molar-refractivity contribution is 5.79. The summed E-state index contributed by atoms with van der Waals surface area (Å²) in [6, 6.07) is 19.0. The SMILES string of the molecule is CN(C)Cc1ccc(-c2ccc(NCc3ccccc3OC(F)F)n3cnnc23)cc1. The largest absolute Gasteiger partial charge is 0.434 e. The number of nitrogens with zero attached hydrogens (tertiary/aromatic N) is 4. The zero-order valence-electron chi connectivity index (χ0n) is 17.3. The number of hydrogen-bond acceptors (Lipinski definition) is 5. The van der Waals surface area contributed by atoms with Crippen molar-refractivity contribution in [2.45, 2.75) is 19.7 Å². The smallest absolute Gasteiger partial charge is 0.387 e. The van der Waals surface area contributed by atoms with Gasteiger partial charge in [-0.15, -0.1) is 10.2 Å². The molecule has 0 aliphatic heterocycles. The van der Waals surface area contributed by atoms with E-state index in [1.54, 1.807) is 24.5 Å². The number of para-hydroxylation sites is 1. The quantitative estimate of drug-likeness (QED) is 0.446. The van der Waals surface area contributed by atoms with Gasteiger partial charge in [-0.1, -0.05) is 42.5 Å². The molecule has 1 N–H and O–H groups in total. The van der Waals surface area contributed by atoms with Crippen LogP contribution in [0.25, 0.3) is 16.8 Å². The van der Waals surface area contributed by atoms with Gasteiger partial charge in [0.15, 0.2) is 5.65 Å². The van der Waals surface area contributed by atoms with Crippen molar-refractivity contribution in [3.05, 3.63) is 78.1 Å². The third-order valence-electron chi connectivity index (χ3n) is 4.87. The summed E-state index contributed by atoms with van der Waals surface area (Å²) in [5.74, 6) is 0.902. The third kappa shape index (κ3) is 4.80. The van der Waals surface area contributed by atoms with Crippen LogP contribution >= 0.6 is 0 Å². The lowest BCUT2D eigenvalue weighted by atomic mass is 10.0. The molecule has 0 saturated carbocycles. The zero-order valence-corrected chi connectivity index (χ0v) is 17.3. The standard InChI is InChI=1S/C23H23F2N5O/c1-29(2)14-16-7-9-17(10-8-16)19-11-12-21(30-15-27-28-22(19)30)26-13-18-5-3-4-6-20(18)31-23(24)25/h3-12,15,23,26H,13-14H2,1-2H3. The molecule has 4 rings (SSSR count). The number of anilines is 1. The van der Waals surface area contributed by atoms with E-state index in [4.69, 9.17) is 0 Å². The van der Waals surface area contributed by atoms with E-state index in [9.17, 15) is 8.78 Å². The highest BCUT2D eigenvalue weighted by Crippen LogP contribution is 2.27. The van der Waals surface area contributed by atoms with E-state index in [0.29, 0.717) is 17.8 Å². The Morgan fingerprint density at radius 2 is 1.81 bits per heavy atom. The number of alkyl halides is 2. The predicted molar refractivity (Wildman–Crippen MR) is 116 cm³/mol. The molecule has 0 spiro atoms. The van der Waals surface area contributed by atoms with Crippen molar-refractivity contribution in [2.75, 3.05) is 19.4 Å². The van der Waals surface area contributed by atoms with Crippen LogP contribution in [0.3, 0.4) is 0 Å². The van der Waals surface area contributed by atoms with Crippen LogP contribution in [0.15, 0.2) is 67.0 Å². The number of benzene rings is 2. The topological polar surface area (TPSA) is 54.7 Å². The van der Waals surface area contributed by atoms with E-state index in [1.807, 2.05) is 30.6 Å². The number of ether oxygens (including phenoxy) is 1. The fraction of sp³-hybridized carbons (Fsp3) is 0.217. The maximum absolute atomic E-state index is 12.7. The summed E-state index contributed by atoms with van der Waals surface area (Å²) in [6.45, 7) is -1.68. The summed E-state index contributed by atoms with van der Waals surface area (Å²) in [6.07, 6.45) is 1.63. The number of hydrogen-bond donors (Lipinski definition) is 1. The van der Waals surface area contributed by atoms with E-state index in [-0.39, 0.29) is 5.75 Å². The molecular formula is C23H23F2N5O. The molecular weight excluding hydrogens is 400 g/mol. The molecule has 0 unspecified atom stereocenters. The van der Waals surface area contributed by atoms with Crippen LogP contribution in [-0.2, 0) is 13.1 Å². The molecule has 0 radical (unpaired) electrons. The second-order valence-corrected chi connectivity index (χ2v) is 7.43. The monoisotopic (exact) mass is 423 g/mol. The van der Waals surface area contributed by atoms with Gasteiger partial charge >= 0.3 is 6.61 Å². The summed E-state index contributed by atoms with van der Waals surface area (Å²) in [5.41, 5.74) is 4.57. The molecule has 2 aromatic heterocycles. The van der Waals surface area contributed by atoms with Gasteiger partial charge in [-0.2, -0.15) is 8.78 Å². The van der Waals surface area contributed by atoms with Crippen LogP contribution in [0.2, 0.25) is 0 Å². The van der Waals surface area contributed by atoms with Gasteiger partial charge < -0.3 is 15.0 Å². The van der Waals surface area contributed by atoms with Crippen LogP contribution < -0.4 is 10.1 Å². The van der Waals surface area contributed by atoms with Gasteiger partial charge in [0.2, 0.25) is 0 Å². The van der Waals surface area contributed by atoms with E-state index in [0.717, 1.165) is 23.5 Å². The number of fused-ring (bicyclic) bond motifs is 1. The Labute approximate surface area is 179 Å². The van der Waals surface area contributed by atoms with Gasteiger partial charge in [-0.3, -0.25) is 4.40 Å². The molecule has 0 bridgehead atoms. The average Bonchev–Trinajstić information content (AvgIpc) is 3.23. The molecule has 160 valence electrons. The van der Waals surface area contributed by atoms with Gasteiger partial charge in [0, 0.05) is 24.2 Å². The number of nitrogens with one attached hydrogen (secondary N) is 1. The molecule has 0 saturated heterocycles. The van der Waals surface area contributed by atoms with E-state index < -0.39 is 6.61 Å². The van der Waals surface area contributed by atoms with E-state index in [2.05, 4.69) is 49.4 Å². The first-order valence-electron chi connectivity index (χ1n) is 9.84. The van der Waals surface area contributed by atoms with Crippen LogP contribution in [0, 0.1) is 0 Å². The predicted octanol–water partition coefficient (Wildman–Crippen LogP) is 4.67. The van der Waals surface area contributed by atoms with Crippen molar-refractivity contribution in [1.82, 2.24) is 19.5 Å². The lowest BCUT2D eigenvalue weighted by Crippen LogP contribution is -2.10. The summed E-state index contributed by atoms with van der Waals surface area (Å²) in [7, 11) is 4.08. The van der Waals surface area contributed by atoms with Crippen LogP contribution in [0.5, 0.6) is 5.75 Å². The normalized spacial score (nSPS) is 11.4. The number of rotatable bonds is 8. The summed E-state index contributed by atoms with van der Waals surface area (Å²) < 4.78 is 31.8. The van der Waals surface area contributed by atoms with Gasteiger partial charge in [-0.05, 0) is 43.4 Å². The van der Waals surface area contributed by atoms with Gasteiger partial charge in [0.1, 0.15) is 17.9 Å². The van der Waals surface area contributed by atoms with Crippen molar-refractivity contribution in [1.29, 1.82) is 0 Å². The zero-order chi connectivity index (χ0) is 21.8. The molecule has 0 atom stereocenters. The first-order chi connectivity index (χ1) is 15.0. The molecule has 4 aromatic rings. The molecule has 8 heteroatoms. The van der Waals surface area contributed by atoms with E-state index >= 15 is 0 Å². The second-order valence-electron chi connectivity index (χ2n) is 7.43. The minimum Gasteiger partial charge on any atom is -0.434 e. The highest BCUT2D eigenvalue weighted by Gasteiger charge is 2.12. The van der Waals surface area contributed by atoms with Crippen molar-refractivity contribution < 1.29 is 13.5 Å². The van der Waals surface area contributed by atoms with Gasteiger partial charge in [0.05, 0.1) is 0 Å². The number of pyridine rings is 1. The second kappa shape index (κ2) is 9.09. The van der Waals surface area contributed by atoms with E-state index in [1.165, 1.54) is 11.6 Å². The molecule has 0 fully saturated rings. The summed E-state index contributed by atoms with van der Waals surface area (Å²) >= 11 is 0. The van der Waals surface area contributed by atoms with Crippen molar-refractivity contribution in [3.8, 4) is 16.9 Å². The van der Waals surface area contributed by atoms with Gasteiger partial charge in [0.25, 0.3) is 0 Å². The van der Waals surface area contributed by atoms with Crippen LogP contribution in [-0.4, -0.2) is 40.2 Å². The minimum absolute atomic E-state index is 0.152. The Bertz CT molecular complexity index is 1160. The Morgan fingerprint density at radius 3 is 2.55 bits per heavy atom. The van der Waals surface area contributed by atoms with Crippen molar-refractivity contribution >= 4 is 11.5 Å². The molecule has 0 amide bonds. The van der Waals surface area contributed by atoms with Crippen molar-refractivity contribution in [3.63, 3.8) is 0 Å². The minimum atomic E-state index is -2.87. The lowest BCUT2D eigenvalue weighted by Gasteiger charge is -2.14. The Balaban J connectivity index is 1.58. The molecule has 6 nitrogen and oxygen atoms in total. The molecule has 0 aliphatic rings.